The maximum absolute atomic E-state index is 13.5. The minimum Gasteiger partial charge on any atom is -0.507 e. The van der Waals surface area contributed by atoms with Crippen LogP contribution < -0.4 is 14.2 Å². The number of likely N-dealkylation sites (tertiary alicyclic amines) is 1. The highest BCUT2D eigenvalue weighted by Crippen LogP contribution is 2.43. The number of aliphatic hydroxyl groups excluding tert-OH is 1. The van der Waals surface area contributed by atoms with Gasteiger partial charge < -0.3 is 24.2 Å². The summed E-state index contributed by atoms with van der Waals surface area (Å²) in [6.07, 6.45) is 5.65. The van der Waals surface area contributed by atoms with Gasteiger partial charge in [-0.3, -0.25) is 14.6 Å². The first kappa shape index (κ1) is 26.0. The van der Waals surface area contributed by atoms with Crippen LogP contribution in [-0.2, 0) is 22.6 Å². The van der Waals surface area contributed by atoms with Crippen molar-refractivity contribution in [2.45, 2.75) is 39.0 Å². The van der Waals surface area contributed by atoms with Crippen molar-refractivity contribution in [3.8, 4) is 17.2 Å². The number of amides is 1. The SMILES string of the molecule is C=CCOc1ccc([C@H]2/C(=C(\O)c3ccc4c(c3)C[C@H](C)O4)C(=O)C(=O)N2Cc2cccnc2)cc1OCC. The van der Waals surface area contributed by atoms with Crippen molar-refractivity contribution in [2.75, 3.05) is 13.2 Å². The second-order valence-electron chi connectivity index (χ2n) is 9.48. The van der Waals surface area contributed by atoms with E-state index in [1.165, 1.54) is 4.90 Å². The Morgan fingerprint density at radius 3 is 2.77 bits per heavy atom. The fourth-order valence-corrected chi connectivity index (χ4v) is 5.03. The van der Waals surface area contributed by atoms with Crippen LogP contribution >= 0.6 is 0 Å². The van der Waals surface area contributed by atoms with Gasteiger partial charge in [0, 0.05) is 30.9 Å². The van der Waals surface area contributed by atoms with Crippen molar-refractivity contribution in [2.24, 2.45) is 0 Å². The molecule has 2 aliphatic heterocycles. The van der Waals surface area contributed by atoms with E-state index < -0.39 is 17.7 Å². The van der Waals surface area contributed by atoms with Crippen molar-refractivity contribution in [1.82, 2.24) is 9.88 Å². The van der Waals surface area contributed by atoms with Crippen molar-refractivity contribution < 1.29 is 28.9 Å². The third kappa shape index (κ3) is 5.10. The molecule has 0 unspecified atom stereocenters. The number of fused-ring (bicyclic) bond motifs is 1. The lowest BCUT2D eigenvalue weighted by molar-refractivity contribution is -0.140. The molecule has 8 heteroatoms. The van der Waals surface area contributed by atoms with E-state index in [9.17, 15) is 14.7 Å². The van der Waals surface area contributed by atoms with Gasteiger partial charge in [-0.25, -0.2) is 0 Å². The topological polar surface area (TPSA) is 98.2 Å². The zero-order valence-corrected chi connectivity index (χ0v) is 21.9. The third-order valence-electron chi connectivity index (χ3n) is 6.73. The predicted octanol–water partition coefficient (Wildman–Crippen LogP) is 4.99. The Hall–Kier alpha value is -4.59. The van der Waals surface area contributed by atoms with Crippen molar-refractivity contribution in [3.05, 3.63) is 101 Å². The molecule has 0 aliphatic carbocycles. The average molecular weight is 527 g/mol. The van der Waals surface area contributed by atoms with E-state index in [1.807, 2.05) is 26.0 Å². The Morgan fingerprint density at radius 1 is 1.18 bits per heavy atom. The minimum atomic E-state index is -0.860. The number of Topliss-reactive ketones (excluding diaryl/α,β-unsaturated/α-hetero) is 1. The normalized spacial score (nSPS) is 19.5. The summed E-state index contributed by atoms with van der Waals surface area (Å²) >= 11 is 0. The number of carbonyl (C=O) groups is 2. The van der Waals surface area contributed by atoms with Crippen LogP contribution in [0.3, 0.4) is 0 Å². The van der Waals surface area contributed by atoms with Gasteiger partial charge in [0.15, 0.2) is 11.5 Å². The molecule has 0 radical (unpaired) electrons. The van der Waals surface area contributed by atoms with E-state index in [0.29, 0.717) is 42.3 Å². The Morgan fingerprint density at radius 2 is 2.03 bits per heavy atom. The molecule has 1 fully saturated rings. The number of aromatic nitrogens is 1. The molecule has 1 saturated heterocycles. The average Bonchev–Trinajstić information content (AvgIpc) is 3.43. The number of benzene rings is 2. The maximum atomic E-state index is 13.5. The molecule has 1 aromatic heterocycles. The molecule has 0 spiro atoms. The molecule has 3 aromatic rings. The minimum absolute atomic E-state index is 0.0120. The molecule has 8 nitrogen and oxygen atoms in total. The quantitative estimate of drug-likeness (QED) is 0.182. The van der Waals surface area contributed by atoms with Gasteiger partial charge in [-0.05, 0) is 66.9 Å². The smallest absolute Gasteiger partial charge is 0.295 e. The molecule has 0 bridgehead atoms. The van der Waals surface area contributed by atoms with Crippen LogP contribution in [-0.4, -0.2) is 46.0 Å². The summed E-state index contributed by atoms with van der Waals surface area (Å²) in [5, 5.41) is 11.5. The number of rotatable bonds is 9. The van der Waals surface area contributed by atoms with Crippen molar-refractivity contribution >= 4 is 17.4 Å². The highest BCUT2D eigenvalue weighted by atomic mass is 16.5. The first-order chi connectivity index (χ1) is 18.9. The van der Waals surface area contributed by atoms with Gasteiger partial charge in [0.25, 0.3) is 11.7 Å². The number of ketones is 1. The van der Waals surface area contributed by atoms with Gasteiger partial charge >= 0.3 is 0 Å². The molecule has 1 N–H and O–H groups in total. The lowest BCUT2D eigenvalue weighted by Gasteiger charge is -2.26. The van der Waals surface area contributed by atoms with E-state index >= 15 is 0 Å². The Kier molecular flexibility index (Phi) is 7.36. The molecular formula is C31H30N2O6. The van der Waals surface area contributed by atoms with Crippen LogP contribution in [0.2, 0.25) is 0 Å². The summed E-state index contributed by atoms with van der Waals surface area (Å²) in [4.78, 5) is 32.5. The van der Waals surface area contributed by atoms with Gasteiger partial charge in [0.05, 0.1) is 18.2 Å². The van der Waals surface area contributed by atoms with Crippen molar-refractivity contribution in [3.63, 3.8) is 0 Å². The third-order valence-corrected chi connectivity index (χ3v) is 6.73. The molecule has 2 aromatic carbocycles. The Balaban J connectivity index is 1.64. The van der Waals surface area contributed by atoms with E-state index in [1.54, 1.807) is 54.9 Å². The second-order valence-corrected chi connectivity index (χ2v) is 9.48. The number of hydrogen-bond donors (Lipinski definition) is 1. The summed E-state index contributed by atoms with van der Waals surface area (Å²) in [5.74, 6) is 0.0401. The number of carbonyl (C=O) groups excluding carboxylic acids is 2. The number of aliphatic hydroxyl groups is 1. The lowest BCUT2D eigenvalue weighted by atomic mass is 9.94. The lowest BCUT2D eigenvalue weighted by Crippen LogP contribution is -2.29. The highest BCUT2D eigenvalue weighted by molar-refractivity contribution is 6.46. The number of pyridine rings is 1. The standard InChI is InChI=1S/C31H30N2O6/c1-4-13-38-25-11-8-21(16-26(25)37-5-2)28-27(29(34)22-9-10-24-23(15-22)14-19(3)39-24)30(35)31(36)33(28)18-20-7-6-12-32-17-20/h4,6-12,15-17,19,28,34H,1,5,13-14,18H2,2-3H3/b29-27+/t19-,28-/m0/s1. The summed E-state index contributed by atoms with van der Waals surface area (Å²) in [6, 6.07) is 13.3. The predicted molar refractivity (Wildman–Crippen MR) is 146 cm³/mol. The molecule has 2 aliphatic rings. The van der Waals surface area contributed by atoms with E-state index in [0.717, 1.165) is 16.9 Å². The van der Waals surface area contributed by atoms with Crippen LogP contribution in [0.25, 0.3) is 5.76 Å². The highest BCUT2D eigenvalue weighted by Gasteiger charge is 2.46. The molecule has 5 rings (SSSR count). The first-order valence-corrected chi connectivity index (χ1v) is 12.9. The fraction of sp³-hybridized carbons (Fsp3) is 0.258. The molecule has 39 heavy (non-hydrogen) atoms. The fourth-order valence-electron chi connectivity index (χ4n) is 5.03. The molecule has 2 atom stereocenters. The molecule has 3 heterocycles. The Bertz CT molecular complexity index is 1450. The van der Waals surface area contributed by atoms with Crippen LogP contribution in [0.5, 0.6) is 17.2 Å². The molecule has 0 saturated carbocycles. The molecular weight excluding hydrogens is 496 g/mol. The number of ether oxygens (including phenoxy) is 3. The van der Waals surface area contributed by atoms with Gasteiger partial charge in [0.1, 0.15) is 24.2 Å². The summed E-state index contributed by atoms with van der Waals surface area (Å²) in [6.45, 7) is 8.33. The van der Waals surface area contributed by atoms with Crippen LogP contribution in [0.15, 0.2) is 79.2 Å². The van der Waals surface area contributed by atoms with Crippen LogP contribution in [0.1, 0.15) is 42.1 Å². The van der Waals surface area contributed by atoms with Gasteiger partial charge in [-0.1, -0.05) is 24.8 Å². The van der Waals surface area contributed by atoms with E-state index in [-0.39, 0.29) is 24.0 Å². The number of hydrogen-bond acceptors (Lipinski definition) is 7. The first-order valence-electron chi connectivity index (χ1n) is 12.9. The van der Waals surface area contributed by atoms with Crippen LogP contribution in [0.4, 0.5) is 0 Å². The van der Waals surface area contributed by atoms with Gasteiger partial charge in [0.2, 0.25) is 0 Å². The molecule has 1 amide bonds. The largest absolute Gasteiger partial charge is 0.507 e. The summed E-state index contributed by atoms with van der Waals surface area (Å²) < 4.78 is 17.4. The van der Waals surface area contributed by atoms with Gasteiger partial charge in [-0.15, -0.1) is 0 Å². The van der Waals surface area contributed by atoms with Crippen molar-refractivity contribution in [1.29, 1.82) is 0 Å². The van der Waals surface area contributed by atoms with E-state index in [2.05, 4.69) is 11.6 Å². The number of nitrogens with zero attached hydrogens (tertiary/aromatic N) is 2. The maximum Gasteiger partial charge on any atom is 0.295 e. The summed E-state index contributed by atoms with van der Waals surface area (Å²) in [5.41, 5.74) is 2.76. The van der Waals surface area contributed by atoms with E-state index in [4.69, 9.17) is 14.2 Å². The zero-order chi connectivity index (χ0) is 27.5. The van der Waals surface area contributed by atoms with Crippen LogP contribution in [0, 0.1) is 0 Å². The summed E-state index contributed by atoms with van der Waals surface area (Å²) in [7, 11) is 0. The second kappa shape index (κ2) is 11.0. The monoisotopic (exact) mass is 526 g/mol. The van der Waals surface area contributed by atoms with Gasteiger partial charge in [-0.2, -0.15) is 0 Å². The molecule has 200 valence electrons. The Labute approximate surface area is 227 Å². The zero-order valence-electron chi connectivity index (χ0n) is 21.9.